The summed E-state index contributed by atoms with van der Waals surface area (Å²) in [6, 6.07) is 0. The van der Waals surface area contributed by atoms with E-state index in [0.29, 0.717) is 19.6 Å². The predicted octanol–water partition coefficient (Wildman–Crippen LogP) is 1.20. The molecule has 3 nitrogen and oxygen atoms in total. The van der Waals surface area contributed by atoms with Crippen molar-refractivity contribution in [1.29, 1.82) is 0 Å². The average Bonchev–Trinajstić information content (AvgIpc) is 2.09. The normalized spacial score (nSPS) is 13.2. The summed E-state index contributed by atoms with van der Waals surface area (Å²) in [7, 11) is 0. The minimum absolute atomic E-state index is 0.170. The molecule has 1 unspecified atom stereocenters. The molecule has 0 aliphatic rings. The number of aliphatic hydroxyl groups excluding tert-OH is 1. The standard InChI is InChI=1S/C9H20O3/c1-3-6-12-9(2)8-11-7-4-5-10/h9-10H,3-8H2,1-2H3. The van der Waals surface area contributed by atoms with Crippen molar-refractivity contribution >= 4 is 0 Å². The summed E-state index contributed by atoms with van der Waals surface area (Å²) in [5.74, 6) is 0. The van der Waals surface area contributed by atoms with Gasteiger partial charge in [-0.25, -0.2) is 0 Å². The van der Waals surface area contributed by atoms with Crippen molar-refractivity contribution in [2.75, 3.05) is 26.4 Å². The van der Waals surface area contributed by atoms with E-state index in [1.165, 1.54) is 0 Å². The van der Waals surface area contributed by atoms with Crippen LogP contribution >= 0.6 is 0 Å². The molecular weight excluding hydrogens is 156 g/mol. The molecular formula is C9H20O3. The molecule has 0 saturated carbocycles. The third-order valence-electron chi connectivity index (χ3n) is 1.41. The summed E-state index contributed by atoms with van der Waals surface area (Å²) in [5.41, 5.74) is 0. The molecule has 74 valence electrons. The number of rotatable bonds is 8. The van der Waals surface area contributed by atoms with Gasteiger partial charge >= 0.3 is 0 Å². The van der Waals surface area contributed by atoms with Gasteiger partial charge < -0.3 is 14.6 Å². The van der Waals surface area contributed by atoms with Crippen LogP contribution in [0, 0.1) is 0 Å². The molecule has 1 atom stereocenters. The fourth-order valence-electron chi connectivity index (χ4n) is 0.783. The van der Waals surface area contributed by atoms with Gasteiger partial charge in [-0.2, -0.15) is 0 Å². The van der Waals surface area contributed by atoms with Crippen molar-refractivity contribution < 1.29 is 14.6 Å². The summed E-state index contributed by atoms with van der Waals surface area (Å²) < 4.78 is 10.6. The highest BCUT2D eigenvalue weighted by Crippen LogP contribution is 1.93. The van der Waals surface area contributed by atoms with Gasteiger partial charge in [0.25, 0.3) is 0 Å². The molecule has 0 amide bonds. The molecule has 0 radical (unpaired) electrons. The van der Waals surface area contributed by atoms with Crippen LogP contribution in [0.2, 0.25) is 0 Å². The maximum Gasteiger partial charge on any atom is 0.0780 e. The third-order valence-corrected chi connectivity index (χ3v) is 1.41. The lowest BCUT2D eigenvalue weighted by molar-refractivity contribution is -0.00896. The van der Waals surface area contributed by atoms with Crippen LogP contribution in [0.25, 0.3) is 0 Å². The van der Waals surface area contributed by atoms with E-state index >= 15 is 0 Å². The zero-order valence-electron chi connectivity index (χ0n) is 8.08. The molecule has 0 saturated heterocycles. The van der Waals surface area contributed by atoms with Crippen molar-refractivity contribution in [3.05, 3.63) is 0 Å². The summed E-state index contributed by atoms with van der Waals surface area (Å²) in [4.78, 5) is 0. The predicted molar refractivity (Wildman–Crippen MR) is 48.2 cm³/mol. The van der Waals surface area contributed by atoms with Crippen molar-refractivity contribution in [1.82, 2.24) is 0 Å². The monoisotopic (exact) mass is 176 g/mol. The van der Waals surface area contributed by atoms with Crippen LogP contribution in [0.4, 0.5) is 0 Å². The lowest BCUT2D eigenvalue weighted by atomic mass is 10.4. The Morgan fingerprint density at radius 2 is 2.08 bits per heavy atom. The first kappa shape index (κ1) is 11.9. The van der Waals surface area contributed by atoms with E-state index in [-0.39, 0.29) is 12.7 Å². The van der Waals surface area contributed by atoms with E-state index in [4.69, 9.17) is 14.6 Å². The van der Waals surface area contributed by atoms with E-state index in [1.54, 1.807) is 0 Å². The highest BCUT2D eigenvalue weighted by atomic mass is 16.5. The Balaban J connectivity index is 3.02. The van der Waals surface area contributed by atoms with Gasteiger partial charge in [0.15, 0.2) is 0 Å². The first-order chi connectivity index (χ1) is 5.81. The second kappa shape index (κ2) is 8.97. The van der Waals surface area contributed by atoms with Crippen molar-refractivity contribution in [2.45, 2.75) is 32.8 Å². The molecule has 3 heteroatoms. The highest BCUT2D eigenvalue weighted by molar-refractivity contribution is 4.46. The van der Waals surface area contributed by atoms with E-state index in [2.05, 4.69) is 6.92 Å². The Kier molecular flexibility index (Phi) is 8.88. The molecule has 0 aromatic rings. The topological polar surface area (TPSA) is 38.7 Å². The van der Waals surface area contributed by atoms with Gasteiger partial charge in [0, 0.05) is 19.8 Å². The van der Waals surface area contributed by atoms with Gasteiger partial charge in [-0.05, 0) is 19.8 Å². The quantitative estimate of drug-likeness (QED) is 0.565. The van der Waals surface area contributed by atoms with E-state index in [1.807, 2.05) is 6.92 Å². The highest BCUT2D eigenvalue weighted by Gasteiger charge is 2.00. The van der Waals surface area contributed by atoms with Gasteiger partial charge in [0.2, 0.25) is 0 Å². The average molecular weight is 176 g/mol. The first-order valence-electron chi connectivity index (χ1n) is 4.61. The van der Waals surface area contributed by atoms with Gasteiger partial charge in [-0.3, -0.25) is 0 Å². The molecule has 0 heterocycles. The van der Waals surface area contributed by atoms with Gasteiger partial charge in [-0.1, -0.05) is 6.92 Å². The van der Waals surface area contributed by atoms with Gasteiger partial charge in [0.05, 0.1) is 12.7 Å². The zero-order chi connectivity index (χ0) is 9.23. The van der Waals surface area contributed by atoms with Crippen molar-refractivity contribution in [2.24, 2.45) is 0 Å². The maximum atomic E-state index is 8.46. The Labute approximate surface area is 74.7 Å². The maximum absolute atomic E-state index is 8.46. The third kappa shape index (κ3) is 7.98. The lowest BCUT2D eigenvalue weighted by Crippen LogP contribution is -2.17. The van der Waals surface area contributed by atoms with Crippen LogP contribution in [-0.4, -0.2) is 37.6 Å². The molecule has 0 spiro atoms. The van der Waals surface area contributed by atoms with E-state index in [0.717, 1.165) is 13.0 Å². The van der Waals surface area contributed by atoms with Crippen LogP contribution in [0.15, 0.2) is 0 Å². The fraction of sp³-hybridized carbons (Fsp3) is 1.00. The Morgan fingerprint density at radius 1 is 1.33 bits per heavy atom. The SMILES string of the molecule is CCCOC(C)COCCCO. The molecule has 0 bridgehead atoms. The van der Waals surface area contributed by atoms with E-state index < -0.39 is 0 Å². The summed E-state index contributed by atoms with van der Waals surface area (Å²) in [6.07, 6.45) is 1.92. The summed E-state index contributed by atoms with van der Waals surface area (Å²) in [6.45, 7) is 6.32. The molecule has 0 aromatic heterocycles. The Morgan fingerprint density at radius 3 is 2.67 bits per heavy atom. The molecule has 0 fully saturated rings. The minimum atomic E-state index is 0.170. The number of hydrogen-bond donors (Lipinski definition) is 1. The van der Waals surface area contributed by atoms with Crippen LogP contribution in [-0.2, 0) is 9.47 Å². The Bertz CT molecular complexity index is 85.8. The molecule has 12 heavy (non-hydrogen) atoms. The molecule has 1 N–H and O–H groups in total. The molecule has 0 rings (SSSR count). The molecule has 0 aromatic carbocycles. The minimum Gasteiger partial charge on any atom is -0.396 e. The second-order valence-electron chi connectivity index (χ2n) is 2.83. The largest absolute Gasteiger partial charge is 0.396 e. The second-order valence-corrected chi connectivity index (χ2v) is 2.83. The van der Waals surface area contributed by atoms with Gasteiger partial charge in [-0.15, -0.1) is 0 Å². The summed E-state index contributed by atoms with van der Waals surface area (Å²) in [5, 5.41) is 8.46. The number of ether oxygens (including phenoxy) is 2. The van der Waals surface area contributed by atoms with Crippen LogP contribution < -0.4 is 0 Å². The van der Waals surface area contributed by atoms with Gasteiger partial charge in [0.1, 0.15) is 0 Å². The Hall–Kier alpha value is -0.120. The number of hydrogen-bond acceptors (Lipinski definition) is 3. The van der Waals surface area contributed by atoms with Crippen LogP contribution in [0.3, 0.4) is 0 Å². The lowest BCUT2D eigenvalue weighted by Gasteiger charge is -2.12. The summed E-state index contributed by atoms with van der Waals surface area (Å²) >= 11 is 0. The number of aliphatic hydroxyl groups is 1. The fourth-order valence-corrected chi connectivity index (χ4v) is 0.783. The van der Waals surface area contributed by atoms with Crippen LogP contribution in [0.5, 0.6) is 0 Å². The zero-order valence-corrected chi connectivity index (χ0v) is 8.08. The molecule has 0 aliphatic carbocycles. The smallest absolute Gasteiger partial charge is 0.0780 e. The molecule has 0 aliphatic heterocycles. The van der Waals surface area contributed by atoms with E-state index in [9.17, 15) is 0 Å². The first-order valence-corrected chi connectivity index (χ1v) is 4.61. The van der Waals surface area contributed by atoms with Crippen molar-refractivity contribution in [3.63, 3.8) is 0 Å². The van der Waals surface area contributed by atoms with Crippen LogP contribution in [0.1, 0.15) is 26.7 Å². The van der Waals surface area contributed by atoms with Crippen molar-refractivity contribution in [3.8, 4) is 0 Å².